The van der Waals surface area contributed by atoms with Crippen molar-refractivity contribution in [2.24, 2.45) is 18.7 Å². The highest BCUT2D eigenvalue weighted by Crippen LogP contribution is 2.25. The molecule has 5 nitrogen and oxygen atoms in total. The van der Waals surface area contributed by atoms with Crippen molar-refractivity contribution in [3.05, 3.63) is 11.3 Å². The second-order valence-corrected chi connectivity index (χ2v) is 5.41. The van der Waals surface area contributed by atoms with Gasteiger partial charge in [-0.25, -0.2) is 0 Å². The maximum Gasteiger partial charge on any atom is 0.137 e. The first-order valence-corrected chi connectivity index (χ1v) is 6.36. The van der Waals surface area contributed by atoms with Gasteiger partial charge in [-0.1, -0.05) is 13.8 Å². The third-order valence-corrected chi connectivity index (χ3v) is 3.27. The molecular weight excluding hydrogens is 226 g/mol. The van der Waals surface area contributed by atoms with Gasteiger partial charge >= 0.3 is 0 Å². The van der Waals surface area contributed by atoms with Crippen LogP contribution in [-0.2, 0) is 7.05 Å². The van der Waals surface area contributed by atoms with E-state index in [1.807, 2.05) is 25.7 Å². The summed E-state index contributed by atoms with van der Waals surface area (Å²) in [5.41, 5.74) is 7.23. The Morgan fingerprint density at radius 2 is 2.00 bits per heavy atom. The van der Waals surface area contributed by atoms with Gasteiger partial charge in [0.05, 0.1) is 11.3 Å². The summed E-state index contributed by atoms with van der Waals surface area (Å²) >= 11 is 0. The molecule has 1 rings (SSSR count). The first kappa shape index (κ1) is 14.5. The highest BCUT2D eigenvalue weighted by Gasteiger charge is 2.22. The maximum absolute atomic E-state index is 7.70. The summed E-state index contributed by atoms with van der Waals surface area (Å²) in [5.74, 6) is 1.64. The molecule has 0 aliphatic heterocycles. The van der Waals surface area contributed by atoms with E-state index in [1.165, 1.54) is 0 Å². The number of aryl methyl sites for hydroxylation is 2. The van der Waals surface area contributed by atoms with E-state index >= 15 is 0 Å². The van der Waals surface area contributed by atoms with Crippen LogP contribution in [-0.4, -0.2) is 28.7 Å². The summed E-state index contributed by atoms with van der Waals surface area (Å²) in [6.45, 7) is 8.50. The first-order chi connectivity index (χ1) is 8.25. The predicted molar refractivity (Wildman–Crippen MR) is 76.3 cm³/mol. The van der Waals surface area contributed by atoms with Crippen LogP contribution in [0.25, 0.3) is 0 Å². The zero-order valence-corrected chi connectivity index (χ0v) is 12.3. The van der Waals surface area contributed by atoms with Crippen molar-refractivity contribution >= 4 is 11.7 Å². The number of nitrogens with two attached hydrogens (primary N) is 1. The van der Waals surface area contributed by atoms with Crippen LogP contribution in [0.4, 0.5) is 5.82 Å². The summed E-state index contributed by atoms with van der Waals surface area (Å²) < 4.78 is 1.81. The molecule has 1 unspecified atom stereocenters. The lowest BCUT2D eigenvalue weighted by atomic mass is 10.0. The second-order valence-electron chi connectivity index (χ2n) is 5.41. The molecule has 1 atom stereocenters. The van der Waals surface area contributed by atoms with Gasteiger partial charge in [0.1, 0.15) is 11.7 Å². The highest BCUT2D eigenvalue weighted by atomic mass is 15.4. The van der Waals surface area contributed by atoms with Crippen molar-refractivity contribution in [2.45, 2.75) is 40.2 Å². The molecule has 0 saturated carbocycles. The Morgan fingerprint density at radius 3 is 2.44 bits per heavy atom. The smallest absolute Gasteiger partial charge is 0.137 e. The Morgan fingerprint density at radius 1 is 1.44 bits per heavy atom. The molecule has 0 spiro atoms. The van der Waals surface area contributed by atoms with E-state index in [-0.39, 0.29) is 5.84 Å². The Kier molecular flexibility index (Phi) is 4.38. The number of nitrogen functional groups attached to an aromatic ring is 1. The van der Waals surface area contributed by atoms with Crippen LogP contribution >= 0.6 is 0 Å². The Bertz CT molecular complexity index is 433. The fourth-order valence-corrected chi connectivity index (χ4v) is 2.42. The lowest BCUT2D eigenvalue weighted by Gasteiger charge is -2.29. The molecule has 1 aromatic heterocycles. The Balaban J connectivity index is 3.12. The average Bonchev–Trinajstić information content (AvgIpc) is 2.51. The van der Waals surface area contributed by atoms with Gasteiger partial charge < -0.3 is 10.6 Å². The molecule has 5 heteroatoms. The fourth-order valence-electron chi connectivity index (χ4n) is 2.42. The largest absolute Gasteiger partial charge is 0.384 e. The number of anilines is 1. The first-order valence-electron chi connectivity index (χ1n) is 6.36. The van der Waals surface area contributed by atoms with Gasteiger partial charge in [0.15, 0.2) is 0 Å². The van der Waals surface area contributed by atoms with E-state index in [4.69, 9.17) is 11.1 Å². The third kappa shape index (κ3) is 2.83. The topological polar surface area (TPSA) is 70.9 Å². The molecular formula is C13H25N5. The van der Waals surface area contributed by atoms with Gasteiger partial charge in [-0.3, -0.25) is 10.1 Å². The van der Waals surface area contributed by atoms with E-state index < -0.39 is 0 Å². The molecule has 0 radical (unpaired) electrons. The van der Waals surface area contributed by atoms with E-state index in [2.05, 4.69) is 30.8 Å². The molecule has 1 heterocycles. The number of hydrogen-bond acceptors (Lipinski definition) is 3. The number of aromatic nitrogens is 2. The number of nitrogens with one attached hydrogen (secondary N) is 1. The van der Waals surface area contributed by atoms with Gasteiger partial charge in [-0.05, 0) is 26.2 Å². The minimum Gasteiger partial charge on any atom is -0.384 e. The van der Waals surface area contributed by atoms with Gasteiger partial charge in [0.2, 0.25) is 0 Å². The Hall–Kier alpha value is -1.52. The normalized spacial score (nSPS) is 12.8. The van der Waals surface area contributed by atoms with Gasteiger partial charge in [0, 0.05) is 20.1 Å². The third-order valence-electron chi connectivity index (χ3n) is 3.27. The van der Waals surface area contributed by atoms with Crippen LogP contribution < -0.4 is 10.6 Å². The van der Waals surface area contributed by atoms with Gasteiger partial charge in [-0.2, -0.15) is 5.10 Å². The molecule has 0 saturated heterocycles. The van der Waals surface area contributed by atoms with Crippen molar-refractivity contribution < 1.29 is 0 Å². The molecule has 102 valence electrons. The SMILES string of the molecule is Cc1nn(C)c(N(C)C(C)CC(C)C)c1C(=N)N. The zero-order chi connectivity index (χ0) is 14.0. The number of hydrogen-bond donors (Lipinski definition) is 2. The summed E-state index contributed by atoms with van der Waals surface area (Å²) in [5, 5.41) is 12.1. The zero-order valence-electron chi connectivity index (χ0n) is 12.3. The van der Waals surface area contributed by atoms with Crippen molar-refractivity contribution in [1.82, 2.24) is 9.78 Å². The quantitative estimate of drug-likeness (QED) is 0.620. The van der Waals surface area contributed by atoms with Crippen LogP contribution in [0.2, 0.25) is 0 Å². The van der Waals surface area contributed by atoms with Gasteiger partial charge in [-0.15, -0.1) is 0 Å². The summed E-state index contributed by atoms with van der Waals surface area (Å²) in [4.78, 5) is 2.16. The second kappa shape index (κ2) is 5.42. The molecule has 3 N–H and O–H groups in total. The number of nitrogens with zero attached hydrogens (tertiary/aromatic N) is 3. The molecule has 0 bridgehead atoms. The van der Waals surface area contributed by atoms with E-state index in [0.717, 1.165) is 23.5 Å². The van der Waals surface area contributed by atoms with E-state index in [1.54, 1.807) is 0 Å². The van der Waals surface area contributed by atoms with Crippen molar-refractivity contribution in [3.63, 3.8) is 0 Å². The molecule has 0 aliphatic rings. The fraction of sp³-hybridized carbons (Fsp3) is 0.692. The monoisotopic (exact) mass is 251 g/mol. The minimum atomic E-state index is 0.0826. The van der Waals surface area contributed by atoms with Crippen LogP contribution in [0.15, 0.2) is 0 Å². The lowest BCUT2D eigenvalue weighted by molar-refractivity contribution is 0.497. The summed E-state index contributed by atoms with van der Waals surface area (Å²) in [6, 6.07) is 0.387. The molecule has 0 aliphatic carbocycles. The number of amidine groups is 1. The van der Waals surface area contributed by atoms with Crippen LogP contribution in [0.5, 0.6) is 0 Å². The van der Waals surface area contributed by atoms with Crippen LogP contribution in [0.3, 0.4) is 0 Å². The molecule has 1 aromatic rings. The van der Waals surface area contributed by atoms with Gasteiger partial charge in [0.25, 0.3) is 0 Å². The number of rotatable bonds is 5. The van der Waals surface area contributed by atoms with Crippen LogP contribution in [0.1, 0.15) is 38.4 Å². The minimum absolute atomic E-state index is 0.0826. The summed E-state index contributed by atoms with van der Waals surface area (Å²) in [7, 11) is 3.93. The molecule has 0 fully saturated rings. The molecule has 0 aromatic carbocycles. The van der Waals surface area contributed by atoms with E-state index in [0.29, 0.717) is 12.0 Å². The summed E-state index contributed by atoms with van der Waals surface area (Å²) in [6.07, 6.45) is 1.10. The molecule has 18 heavy (non-hydrogen) atoms. The van der Waals surface area contributed by atoms with Crippen LogP contribution in [0, 0.1) is 18.3 Å². The molecule has 0 amide bonds. The highest BCUT2D eigenvalue weighted by molar-refractivity contribution is 6.00. The standard InChI is InChI=1S/C13H25N5/c1-8(2)7-9(3)17(5)13-11(12(14)15)10(4)16-18(13)6/h8-9H,7H2,1-6H3,(H3,14,15). The maximum atomic E-state index is 7.70. The Labute approximate surface area is 109 Å². The predicted octanol–water partition coefficient (Wildman–Crippen LogP) is 1.88. The van der Waals surface area contributed by atoms with E-state index in [9.17, 15) is 0 Å². The average molecular weight is 251 g/mol. The van der Waals surface area contributed by atoms with Crippen molar-refractivity contribution in [2.75, 3.05) is 11.9 Å². The van der Waals surface area contributed by atoms with Crippen molar-refractivity contribution in [1.29, 1.82) is 5.41 Å². The lowest BCUT2D eigenvalue weighted by Crippen LogP contribution is -2.33. The van der Waals surface area contributed by atoms with Crippen molar-refractivity contribution in [3.8, 4) is 0 Å².